The minimum absolute atomic E-state index is 0.176. The SMILES string of the molecule is CCCCC/C=C/CCCCOC(C)=O. The highest BCUT2D eigenvalue weighted by atomic mass is 16.5. The van der Waals surface area contributed by atoms with Gasteiger partial charge in [0.25, 0.3) is 0 Å². The molecule has 88 valence electrons. The van der Waals surface area contributed by atoms with Gasteiger partial charge in [-0.1, -0.05) is 31.9 Å². The first-order chi connectivity index (χ1) is 7.27. The second kappa shape index (κ2) is 11.3. The van der Waals surface area contributed by atoms with Gasteiger partial charge >= 0.3 is 5.97 Å². The van der Waals surface area contributed by atoms with Crippen LogP contribution >= 0.6 is 0 Å². The summed E-state index contributed by atoms with van der Waals surface area (Å²) >= 11 is 0. The maximum Gasteiger partial charge on any atom is 0.302 e. The van der Waals surface area contributed by atoms with Crippen molar-refractivity contribution in [1.82, 2.24) is 0 Å². The number of esters is 1. The standard InChI is InChI=1S/C13H24O2/c1-3-4-5-6-7-8-9-10-11-12-15-13(2)14/h7-8H,3-6,9-12H2,1-2H3/b8-7+. The van der Waals surface area contributed by atoms with E-state index in [-0.39, 0.29) is 5.97 Å². The molecule has 0 radical (unpaired) electrons. The zero-order chi connectivity index (χ0) is 11.4. The highest BCUT2D eigenvalue weighted by Gasteiger charge is 1.91. The first kappa shape index (κ1) is 14.2. The third kappa shape index (κ3) is 13.2. The molecular weight excluding hydrogens is 188 g/mol. The van der Waals surface area contributed by atoms with Gasteiger partial charge in [0.2, 0.25) is 0 Å². The molecule has 0 aromatic heterocycles. The molecule has 0 bridgehead atoms. The van der Waals surface area contributed by atoms with Crippen LogP contribution in [-0.2, 0) is 9.53 Å². The lowest BCUT2D eigenvalue weighted by molar-refractivity contribution is -0.141. The fourth-order valence-electron chi connectivity index (χ4n) is 1.33. The Labute approximate surface area is 93.7 Å². The van der Waals surface area contributed by atoms with Gasteiger partial charge in [0.15, 0.2) is 0 Å². The third-order valence-electron chi connectivity index (χ3n) is 2.21. The zero-order valence-electron chi connectivity index (χ0n) is 10.1. The summed E-state index contributed by atoms with van der Waals surface area (Å²) in [7, 11) is 0. The lowest BCUT2D eigenvalue weighted by Crippen LogP contribution is -1.99. The van der Waals surface area contributed by atoms with Crippen LogP contribution in [0.1, 0.15) is 58.8 Å². The normalized spacial score (nSPS) is 10.8. The predicted octanol–water partition coefficient (Wildman–Crippen LogP) is 3.86. The van der Waals surface area contributed by atoms with E-state index in [9.17, 15) is 4.79 Å². The van der Waals surface area contributed by atoms with E-state index < -0.39 is 0 Å². The summed E-state index contributed by atoms with van der Waals surface area (Å²) in [5.41, 5.74) is 0. The summed E-state index contributed by atoms with van der Waals surface area (Å²) in [5.74, 6) is -0.176. The number of unbranched alkanes of at least 4 members (excludes halogenated alkanes) is 5. The van der Waals surface area contributed by atoms with Crippen molar-refractivity contribution in [3.05, 3.63) is 12.2 Å². The van der Waals surface area contributed by atoms with Gasteiger partial charge in [-0.3, -0.25) is 4.79 Å². The van der Waals surface area contributed by atoms with Gasteiger partial charge in [-0.05, 0) is 32.1 Å². The second-order valence-corrected chi connectivity index (χ2v) is 3.80. The molecule has 0 N–H and O–H groups in total. The van der Waals surface area contributed by atoms with Gasteiger partial charge in [-0.15, -0.1) is 0 Å². The fraction of sp³-hybridized carbons (Fsp3) is 0.769. The molecule has 0 atom stereocenters. The van der Waals surface area contributed by atoms with E-state index >= 15 is 0 Å². The highest BCUT2D eigenvalue weighted by Crippen LogP contribution is 2.02. The Hall–Kier alpha value is -0.790. The number of rotatable bonds is 9. The highest BCUT2D eigenvalue weighted by molar-refractivity contribution is 5.65. The van der Waals surface area contributed by atoms with Crippen LogP contribution in [0.25, 0.3) is 0 Å². The summed E-state index contributed by atoms with van der Waals surface area (Å²) in [6.07, 6.45) is 12.8. The van der Waals surface area contributed by atoms with Crippen LogP contribution < -0.4 is 0 Å². The Morgan fingerprint density at radius 1 is 1.07 bits per heavy atom. The maximum atomic E-state index is 10.4. The molecule has 0 heterocycles. The summed E-state index contributed by atoms with van der Waals surface area (Å²) in [5, 5.41) is 0. The number of ether oxygens (including phenoxy) is 1. The van der Waals surface area contributed by atoms with Gasteiger partial charge in [0, 0.05) is 6.92 Å². The first-order valence-corrected chi connectivity index (χ1v) is 6.05. The molecule has 0 aromatic carbocycles. The lowest BCUT2D eigenvalue weighted by Gasteiger charge is -1.99. The van der Waals surface area contributed by atoms with Crippen molar-refractivity contribution in [2.75, 3.05) is 6.61 Å². The Morgan fingerprint density at radius 2 is 1.67 bits per heavy atom. The van der Waals surface area contributed by atoms with Gasteiger partial charge in [0.1, 0.15) is 0 Å². The third-order valence-corrected chi connectivity index (χ3v) is 2.21. The number of allylic oxidation sites excluding steroid dienone is 2. The van der Waals surface area contributed by atoms with Gasteiger partial charge in [-0.25, -0.2) is 0 Å². The smallest absolute Gasteiger partial charge is 0.302 e. The van der Waals surface area contributed by atoms with Crippen LogP contribution in [0.2, 0.25) is 0 Å². The van der Waals surface area contributed by atoms with Crippen molar-refractivity contribution in [1.29, 1.82) is 0 Å². The number of hydrogen-bond acceptors (Lipinski definition) is 2. The van der Waals surface area contributed by atoms with Crippen molar-refractivity contribution in [2.24, 2.45) is 0 Å². The second-order valence-electron chi connectivity index (χ2n) is 3.80. The van der Waals surface area contributed by atoms with Crippen LogP contribution in [0.4, 0.5) is 0 Å². The van der Waals surface area contributed by atoms with Crippen molar-refractivity contribution in [3.8, 4) is 0 Å². The molecule has 2 nitrogen and oxygen atoms in total. The van der Waals surface area contributed by atoms with Crippen molar-refractivity contribution < 1.29 is 9.53 Å². The summed E-state index contributed by atoms with van der Waals surface area (Å²) in [6, 6.07) is 0. The largest absolute Gasteiger partial charge is 0.466 e. The van der Waals surface area contributed by atoms with E-state index in [0.717, 1.165) is 19.3 Å². The molecular formula is C13H24O2. The molecule has 2 heteroatoms. The molecule has 0 unspecified atom stereocenters. The predicted molar refractivity (Wildman–Crippen MR) is 63.8 cm³/mol. The van der Waals surface area contributed by atoms with Crippen LogP contribution in [0.15, 0.2) is 12.2 Å². The maximum absolute atomic E-state index is 10.4. The summed E-state index contributed by atoms with van der Waals surface area (Å²) in [4.78, 5) is 10.4. The van der Waals surface area contributed by atoms with Crippen molar-refractivity contribution in [3.63, 3.8) is 0 Å². The molecule has 0 rings (SSSR count). The Kier molecular flexibility index (Phi) is 10.7. The molecule has 0 aliphatic heterocycles. The van der Waals surface area contributed by atoms with Crippen LogP contribution in [-0.4, -0.2) is 12.6 Å². The summed E-state index contributed by atoms with van der Waals surface area (Å²) in [6.45, 7) is 4.24. The lowest BCUT2D eigenvalue weighted by atomic mass is 10.2. The van der Waals surface area contributed by atoms with E-state index in [2.05, 4.69) is 19.1 Å². The van der Waals surface area contributed by atoms with Gasteiger partial charge in [0.05, 0.1) is 6.61 Å². The van der Waals surface area contributed by atoms with E-state index in [1.165, 1.54) is 32.6 Å². The number of hydrogen-bond donors (Lipinski definition) is 0. The molecule has 0 aromatic rings. The fourth-order valence-corrected chi connectivity index (χ4v) is 1.33. The van der Waals surface area contributed by atoms with Crippen LogP contribution in [0, 0.1) is 0 Å². The van der Waals surface area contributed by atoms with Crippen molar-refractivity contribution >= 4 is 5.97 Å². The molecule has 0 aliphatic rings. The Balaban J connectivity index is 3.06. The molecule has 0 amide bonds. The van der Waals surface area contributed by atoms with E-state index in [4.69, 9.17) is 4.74 Å². The topological polar surface area (TPSA) is 26.3 Å². The average Bonchev–Trinajstić information content (AvgIpc) is 2.20. The Bertz CT molecular complexity index is 173. The minimum atomic E-state index is -0.176. The van der Waals surface area contributed by atoms with Gasteiger partial charge < -0.3 is 4.74 Å². The molecule has 0 fully saturated rings. The zero-order valence-corrected chi connectivity index (χ0v) is 10.1. The Morgan fingerprint density at radius 3 is 2.20 bits per heavy atom. The van der Waals surface area contributed by atoms with E-state index in [1.807, 2.05) is 0 Å². The molecule has 0 saturated heterocycles. The molecule has 0 aliphatic carbocycles. The molecule has 0 spiro atoms. The quantitative estimate of drug-likeness (QED) is 0.329. The van der Waals surface area contributed by atoms with Crippen molar-refractivity contribution in [2.45, 2.75) is 58.8 Å². The molecule has 15 heavy (non-hydrogen) atoms. The number of carbonyl (C=O) groups excluding carboxylic acids is 1. The number of carbonyl (C=O) groups is 1. The van der Waals surface area contributed by atoms with E-state index in [0.29, 0.717) is 6.61 Å². The first-order valence-electron chi connectivity index (χ1n) is 6.05. The van der Waals surface area contributed by atoms with Crippen LogP contribution in [0.3, 0.4) is 0 Å². The summed E-state index contributed by atoms with van der Waals surface area (Å²) < 4.78 is 4.84. The van der Waals surface area contributed by atoms with E-state index in [1.54, 1.807) is 0 Å². The van der Waals surface area contributed by atoms with Gasteiger partial charge in [-0.2, -0.15) is 0 Å². The van der Waals surface area contributed by atoms with Crippen LogP contribution in [0.5, 0.6) is 0 Å². The average molecular weight is 212 g/mol. The minimum Gasteiger partial charge on any atom is -0.466 e. The monoisotopic (exact) mass is 212 g/mol. The molecule has 0 saturated carbocycles.